The average Bonchev–Trinajstić information content (AvgIpc) is 2.47. The molecular formula is C17H31N3O. The van der Waals surface area contributed by atoms with Crippen molar-refractivity contribution in [2.24, 2.45) is 35.1 Å². The van der Waals surface area contributed by atoms with Gasteiger partial charge in [-0.15, -0.1) is 0 Å². The zero-order valence-electron chi connectivity index (χ0n) is 13.1. The first-order valence-electron chi connectivity index (χ1n) is 8.95. The fraction of sp³-hybridized carbons (Fsp3) is 0.941. The van der Waals surface area contributed by atoms with Crippen molar-refractivity contribution in [3.8, 4) is 0 Å². The summed E-state index contributed by atoms with van der Waals surface area (Å²) >= 11 is 0. The number of hydrogen-bond donors (Lipinski definition) is 3. The molecule has 3 aliphatic rings. The Morgan fingerprint density at radius 2 is 1.67 bits per heavy atom. The average molecular weight is 293 g/mol. The van der Waals surface area contributed by atoms with Gasteiger partial charge in [-0.05, 0) is 62.8 Å². The first-order valence-corrected chi connectivity index (χ1v) is 8.95. The van der Waals surface area contributed by atoms with Crippen LogP contribution < -0.4 is 16.8 Å². The van der Waals surface area contributed by atoms with Crippen LogP contribution in [-0.2, 0) is 4.79 Å². The lowest BCUT2D eigenvalue weighted by atomic mass is 9.65. The van der Waals surface area contributed by atoms with Gasteiger partial charge in [0.05, 0.1) is 0 Å². The maximum absolute atomic E-state index is 12.7. The van der Waals surface area contributed by atoms with E-state index in [0.717, 1.165) is 19.3 Å². The minimum absolute atomic E-state index is 0.195. The third kappa shape index (κ3) is 3.26. The Morgan fingerprint density at radius 1 is 1.00 bits per heavy atom. The highest BCUT2D eigenvalue weighted by molar-refractivity contribution is 5.79. The second-order valence-electron chi connectivity index (χ2n) is 7.59. The number of fused-ring (bicyclic) bond motifs is 2. The van der Waals surface area contributed by atoms with E-state index < -0.39 is 0 Å². The van der Waals surface area contributed by atoms with Crippen molar-refractivity contribution in [2.75, 3.05) is 6.54 Å². The van der Waals surface area contributed by atoms with Gasteiger partial charge in [0.2, 0.25) is 5.91 Å². The summed E-state index contributed by atoms with van der Waals surface area (Å²) in [6.07, 6.45) is 10.5. The van der Waals surface area contributed by atoms with E-state index in [2.05, 4.69) is 5.32 Å². The number of carbonyl (C=O) groups excluding carboxylic acids is 1. The lowest BCUT2D eigenvalue weighted by Gasteiger charge is -2.44. The van der Waals surface area contributed by atoms with Gasteiger partial charge >= 0.3 is 0 Å². The summed E-state index contributed by atoms with van der Waals surface area (Å²) in [4.78, 5) is 12.7. The van der Waals surface area contributed by atoms with Crippen molar-refractivity contribution in [3.05, 3.63) is 0 Å². The van der Waals surface area contributed by atoms with Crippen LogP contribution in [0.5, 0.6) is 0 Å². The summed E-state index contributed by atoms with van der Waals surface area (Å²) < 4.78 is 0. The molecule has 4 unspecified atom stereocenters. The van der Waals surface area contributed by atoms with E-state index in [9.17, 15) is 4.79 Å². The van der Waals surface area contributed by atoms with Crippen LogP contribution in [0.25, 0.3) is 0 Å². The number of carbonyl (C=O) groups is 1. The maximum Gasteiger partial charge on any atom is 0.223 e. The van der Waals surface area contributed by atoms with E-state index in [1.807, 2.05) is 0 Å². The lowest BCUT2D eigenvalue weighted by Crippen LogP contribution is -2.52. The first kappa shape index (κ1) is 15.3. The standard InChI is InChI=1S/C17H31N3O/c18-10-13-4-1-2-7-15(13)20-17(21)14-8-11-5-3-6-12(9-14)16(11)19/h11-16H,1-10,18-19H2,(H,20,21). The molecule has 4 nitrogen and oxygen atoms in total. The quantitative estimate of drug-likeness (QED) is 0.742. The summed E-state index contributed by atoms with van der Waals surface area (Å²) in [5.74, 6) is 2.10. The summed E-state index contributed by atoms with van der Waals surface area (Å²) in [6, 6.07) is 0.654. The van der Waals surface area contributed by atoms with Crippen molar-refractivity contribution in [1.82, 2.24) is 5.32 Å². The number of rotatable bonds is 3. The third-order valence-electron chi connectivity index (χ3n) is 6.32. The fourth-order valence-corrected chi connectivity index (χ4v) is 4.98. The Hall–Kier alpha value is -0.610. The van der Waals surface area contributed by atoms with Gasteiger partial charge in [0.15, 0.2) is 0 Å². The molecule has 0 spiro atoms. The molecule has 2 bridgehead atoms. The van der Waals surface area contributed by atoms with Crippen LogP contribution in [0.1, 0.15) is 57.8 Å². The molecule has 0 radical (unpaired) electrons. The fourth-order valence-electron chi connectivity index (χ4n) is 4.98. The van der Waals surface area contributed by atoms with Gasteiger partial charge < -0.3 is 16.8 Å². The van der Waals surface area contributed by atoms with Gasteiger partial charge in [-0.1, -0.05) is 19.3 Å². The molecule has 1 amide bonds. The summed E-state index contributed by atoms with van der Waals surface area (Å²) in [5, 5.41) is 3.33. The maximum atomic E-state index is 12.7. The lowest BCUT2D eigenvalue weighted by molar-refractivity contribution is -0.129. The molecule has 5 N–H and O–H groups in total. The predicted octanol–water partition coefficient (Wildman–Crippen LogP) is 1.77. The SMILES string of the molecule is NCC1CCCCC1NC(=O)C1CC2CCCC(C1)C2N. The van der Waals surface area contributed by atoms with Crippen molar-refractivity contribution < 1.29 is 4.79 Å². The van der Waals surface area contributed by atoms with Crippen LogP contribution >= 0.6 is 0 Å². The highest BCUT2D eigenvalue weighted by atomic mass is 16.1. The number of hydrogen-bond acceptors (Lipinski definition) is 3. The number of nitrogens with two attached hydrogens (primary N) is 2. The molecule has 3 rings (SSSR count). The largest absolute Gasteiger partial charge is 0.353 e. The van der Waals surface area contributed by atoms with Gasteiger partial charge in [0.1, 0.15) is 0 Å². The molecular weight excluding hydrogens is 262 g/mol. The zero-order valence-corrected chi connectivity index (χ0v) is 13.1. The van der Waals surface area contributed by atoms with Crippen LogP contribution in [0.2, 0.25) is 0 Å². The molecule has 0 aliphatic heterocycles. The van der Waals surface area contributed by atoms with E-state index in [1.165, 1.54) is 38.5 Å². The Morgan fingerprint density at radius 3 is 2.33 bits per heavy atom. The smallest absolute Gasteiger partial charge is 0.223 e. The molecule has 3 fully saturated rings. The highest BCUT2D eigenvalue weighted by Gasteiger charge is 2.41. The third-order valence-corrected chi connectivity index (χ3v) is 6.32. The molecule has 0 aromatic carbocycles. The van der Waals surface area contributed by atoms with Crippen molar-refractivity contribution in [3.63, 3.8) is 0 Å². The van der Waals surface area contributed by atoms with Crippen molar-refractivity contribution in [2.45, 2.75) is 69.9 Å². The summed E-state index contributed by atoms with van der Waals surface area (Å²) in [5.41, 5.74) is 12.2. The molecule has 3 saturated carbocycles. The molecule has 0 heterocycles. The van der Waals surface area contributed by atoms with Gasteiger partial charge in [-0.2, -0.15) is 0 Å². The zero-order chi connectivity index (χ0) is 14.8. The first-order chi connectivity index (χ1) is 10.2. The molecule has 120 valence electrons. The number of nitrogens with one attached hydrogen (secondary N) is 1. The van der Waals surface area contributed by atoms with E-state index in [-0.39, 0.29) is 11.8 Å². The minimum Gasteiger partial charge on any atom is -0.353 e. The van der Waals surface area contributed by atoms with E-state index in [4.69, 9.17) is 11.5 Å². The van der Waals surface area contributed by atoms with Crippen LogP contribution in [0, 0.1) is 23.7 Å². The van der Waals surface area contributed by atoms with E-state index >= 15 is 0 Å². The molecule has 4 heteroatoms. The molecule has 4 atom stereocenters. The Labute approximate surface area is 128 Å². The monoisotopic (exact) mass is 293 g/mol. The van der Waals surface area contributed by atoms with Gasteiger partial charge in [-0.25, -0.2) is 0 Å². The van der Waals surface area contributed by atoms with Crippen LogP contribution in [0.3, 0.4) is 0 Å². The van der Waals surface area contributed by atoms with Crippen molar-refractivity contribution in [1.29, 1.82) is 0 Å². The minimum atomic E-state index is 0.195. The van der Waals surface area contributed by atoms with Crippen LogP contribution in [0.15, 0.2) is 0 Å². The number of amides is 1. The van der Waals surface area contributed by atoms with E-state index in [1.54, 1.807) is 0 Å². The normalized spacial score (nSPS) is 43.3. The Balaban J connectivity index is 1.58. The molecule has 0 saturated heterocycles. The second kappa shape index (κ2) is 6.66. The highest BCUT2D eigenvalue weighted by Crippen LogP contribution is 2.42. The summed E-state index contributed by atoms with van der Waals surface area (Å²) in [6.45, 7) is 0.700. The Bertz CT molecular complexity index is 359. The Kier molecular flexibility index (Phi) is 4.85. The molecule has 0 aromatic rings. The van der Waals surface area contributed by atoms with Crippen LogP contribution in [0.4, 0.5) is 0 Å². The summed E-state index contributed by atoms with van der Waals surface area (Å²) in [7, 11) is 0. The van der Waals surface area contributed by atoms with Gasteiger partial charge in [0.25, 0.3) is 0 Å². The molecule has 3 aliphatic carbocycles. The van der Waals surface area contributed by atoms with Gasteiger partial charge in [-0.3, -0.25) is 4.79 Å². The van der Waals surface area contributed by atoms with Crippen LogP contribution in [-0.4, -0.2) is 24.5 Å². The molecule has 21 heavy (non-hydrogen) atoms. The van der Waals surface area contributed by atoms with Crippen molar-refractivity contribution >= 4 is 5.91 Å². The topological polar surface area (TPSA) is 81.1 Å². The second-order valence-corrected chi connectivity index (χ2v) is 7.59. The van der Waals surface area contributed by atoms with E-state index in [0.29, 0.717) is 36.4 Å². The van der Waals surface area contributed by atoms with Gasteiger partial charge in [0, 0.05) is 18.0 Å². The predicted molar refractivity (Wildman–Crippen MR) is 84.5 cm³/mol. The molecule has 0 aromatic heterocycles.